The number of nitrogens with one attached hydrogen (secondary N) is 1. The van der Waals surface area contributed by atoms with E-state index in [0.717, 1.165) is 52.0 Å². The van der Waals surface area contributed by atoms with Crippen LogP contribution in [0.5, 0.6) is 0 Å². The Labute approximate surface area is 104 Å². The predicted octanol–water partition coefficient (Wildman–Crippen LogP) is 0.933. The number of aliphatic hydroxyl groups is 1. The van der Waals surface area contributed by atoms with Crippen LogP contribution in [0.15, 0.2) is 0 Å². The number of hydrogen-bond donors (Lipinski definition) is 2. The van der Waals surface area contributed by atoms with Gasteiger partial charge in [0.2, 0.25) is 0 Å². The summed E-state index contributed by atoms with van der Waals surface area (Å²) in [6, 6.07) is 0.548. The molecule has 0 bridgehead atoms. The lowest BCUT2D eigenvalue weighted by molar-refractivity contribution is -0.0895. The molecule has 2 saturated heterocycles. The Morgan fingerprint density at radius 2 is 2.35 bits per heavy atom. The number of ether oxygens (including phenoxy) is 2. The monoisotopic (exact) mass is 243 g/mol. The van der Waals surface area contributed by atoms with Crippen LogP contribution in [0, 0.1) is 5.92 Å². The minimum Gasteiger partial charge on any atom is -0.396 e. The Morgan fingerprint density at radius 3 is 3.06 bits per heavy atom. The highest BCUT2D eigenvalue weighted by molar-refractivity contribution is 4.92. The summed E-state index contributed by atoms with van der Waals surface area (Å²) in [7, 11) is 0. The van der Waals surface area contributed by atoms with Gasteiger partial charge in [0, 0.05) is 32.3 Å². The first-order valence-electron chi connectivity index (χ1n) is 6.80. The average Bonchev–Trinajstić information content (AvgIpc) is 2.75. The van der Waals surface area contributed by atoms with Crippen molar-refractivity contribution in [3.05, 3.63) is 0 Å². The standard InChI is InChI=1S/C13H25NO3/c1-11(2-5-15)9-14-12-3-6-17-13(8-12)4-7-16-10-13/h11-12,14-15H,2-10H2,1H3. The second kappa shape index (κ2) is 6.14. The van der Waals surface area contributed by atoms with E-state index in [1.807, 2.05) is 0 Å². The van der Waals surface area contributed by atoms with Crippen LogP contribution < -0.4 is 5.32 Å². The Balaban J connectivity index is 1.74. The number of aliphatic hydroxyl groups excluding tert-OH is 1. The van der Waals surface area contributed by atoms with Gasteiger partial charge >= 0.3 is 0 Å². The van der Waals surface area contributed by atoms with Crippen molar-refractivity contribution < 1.29 is 14.6 Å². The van der Waals surface area contributed by atoms with Gasteiger partial charge in [-0.1, -0.05) is 6.92 Å². The molecular formula is C13H25NO3. The molecule has 4 nitrogen and oxygen atoms in total. The van der Waals surface area contributed by atoms with E-state index in [4.69, 9.17) is 14.6 Å². The summed E-state index contributed by atoms with van der Waals surface area (Å²) in [4.78, 5) is 0. The lowest BCUT2D eigenvalue weighted by Crippen LogP contribution is -2.48. The maximum absolute atomic E-state index is 8.88. The zero-order valence-electron chi connectivity index (χ0n) is 10.8. The van der Waals surface area contributed by atoms with Gasteiger partial charge < -0.3 is 19.9 Å². The molecule has 2 fully saturated rings. The second-order valence-electron chi connectivity index (χ2n) is 5.55. The van der Waals surface area contributed by atoms with Gasteiger partial charge in [0.25, 0.3) is 0 Å². The molecule has 0 aromatic carbocycles. The minimum atomic E-state index is -0.00384. The molecule has 0 aromatic rings. The molecular weight excluding hydrogens is 218 g/mol. The molecule has 2 N–H and O–H groups in total. The molecule has 3 unspecified atom stereocenters. The lowest BCUT2D eigenvalue weighted by atomic mass is 9.89. The van der Waals surface area contributed by atoms with Crippen LogP contribution in [-0.4, -0.2) is 49.7 Å². The normalized spacial score (nSPS) is 35.3. The SMILES string of the molecule is CC(CCO)CNC1CCOC2(CCOC2)C1. The highest BCUT2D eigenvalue weighted by atomic mass is 16.6. The quantitative estimate of drug-likeness (QED) is 0.754. The van der Waals surface area contributed by atoms with E-state index in [1.165, 1.54) is 0 Å². The van der Waals surface area contributed by atoms with Gasteiger partial charge in [-0.2, -0.15) is 0 Å². The molecule has 0 amide bonds. The summed E-state index contributed by atoms with van der Waals surface area (Å²) in [5.41, 5.74) is -0.00384. The molecule has 0 aliphatic carbocycles. The maximum atomic E-state index is 8.88. The summed E-state index contributed by atoms with van der Waals surface area (Å²) in [6.07, 6.45) is 4.08. The Kier molecular flexibility index (Phi) is 4.79. The summed E-state index contributed by atoms with van der Waals surface area (Å²) in [5, 5.41) is 12.5. The zero-order chi connectivity index (χ0) is 12.1. The van der Waals surface area contributed by atoms with Crippen LogP contribution >= 0.6 is 0 Å². The smallest absolute Gasteiger partial charge is 0.0951 e. The fraction of sp³-hybridized carbons (Fsp3) is 1.00. The van der Waals surface area contributed by atoms with Crippen LogP contribution in [0.1, 0.15) is 32.6 Å². The third kappa shape index (κ3) is 3.65. The van der Waals surface area contributed by atoms with Crippen molar-refractivity contribution in [3.63, 3.8) is 0 Å². The Morgan fingerprint density at radius 1 is 1.47 bits per heavy atom. The van der Waals surface area contributed by atoms with Gasteiger partial charge in [-0.25, -0.2) is 0 Å². The zero-order valence-corrected chi connectivity index (χ0v) is 10.8. The van der Waals surface area contributed by atoms with Crippen molar-refractivity contribution in [2.45, 2.75) is 44.2 Å². The summed E-state index contributed by atoms with van der Waals surface area (Å²) in [5.74, 6) is 0.540. The fourth-order valence-corrected chi connectivity index (χ4v) is 2.76. The van der Waals surface area contributed by atoms with Gasteiger partial charge in [-0.3, -0.25) is 0 Å². The molecule has 1 spiro atoms. The van der Waals surface area contributed by atoms with Crippen LogP contribution in [0.3, 0.4) is 0 Å². The van der Waals surface area contributed by atoms with Crippen molar-refractivity contribution in [2.75, 3.05) is 33.0 Å². The molecule has 17 heavy (non-hydrogen) atoms. The van der Waals surface area contributed by atoms with Gasteiger partial charge in [-0.05, 0) is 31.7 Å². The van der Waals surface area contributed by atoms with Crippen LogP contribution in [0.25, 0.3) is 0 Å². The van der Waals surface area contributed by atoms with E-state index in [1.54, 1.807) is 0 Å². The average molecular weight is 243 g/mol. The van der Waals surface area contributed by atoms with E-state index in [9.17, 15) is 0 Å². The summed E-state index contributed by atoms with van der Waals surface area (Å²) in [6.45, 7) is 5.90. The molecule has 0 aromatic heterocycles. The van der Waals surface area contributed by atoms with Crippen LogP contribution in [0.2, 0.25) is 0 Å². The first-order valence-corrected chi connectivity index (χ1v) is 6.80. The lowest BCUT2D eigenvalue weighted by Gasteiger charge is -2.37. The fourth-order valence-electron chi connectivity index (χ4n) is 2.76. The van der Waals surface area contributed by atoms with Gasteiger partial charge in [0.1, 0.15) is 0 Å². The van der Waals surface area contributed by atoms with Crippen molar-refractivity contribution >= 4 is 0 Å². The van der Waals surface area contributed by atoms with E-state index < -0.39 is 0 Å². The minimum absolute atomic E-state index is 0.00384. The molecule has 2 aliphatic rings. The van der Waals surface area contributed by atoms with Crippen molar-refractivity contribution in [2.24, 2.45) is 5.92 Å². The molecule has 0 saturated carbocycles. The van der Waals surface area contributed by atoms with Crippen LogP contribution in [0.4, 0.5) is 0 Å². The van der Waals surface area contributed by atoms with Crippen molar-refractivity contribution in [3.8, 4) is 0 Å². The third-order valence-electron chi connectivity index (χ3n) is 3.94. The van der Waals surface area contributed by atoms with E-state index >= 15 is 0 Å². The summed E-state index contributed by atoms with van der Waals surface area (Å²) < 4.78 is 11.4. The molecule has 2 aliphatic heterocycles. The van der Waals surface area contributed by atoms with Crippen LogP contribution in [-0.2, 0) is 9.47 Å². The number of hydrogen-bond acceptors (Lipinski definition) is 4. The van der Waals surface area contributed by atoms with Gasteiger partial charge in [0.15, 0.2) is 0 Å². The Hall–Kier alpha value is -0.160. The van der Waals surface area contributed by atoms with E-state index in [-0.39, 0.29) is 12.2 Å². The molecule has 2 heterocycles. The molecule has 4 heteroatoms. The highest BCUT2D eigenvalue weighted by Gasteiger charge is 2.40. The third-order valence-corrected chi connectivity index (χ3v) is 3.94. The largest absolute Gasteiger partial charge is 0.396 e. The first-order chi connectivity index (χ1) is 8.24. The molecule has 0 radical (unpaired) electrons. The van der Waals surface area contributed by atoms with Gasteiger partial charge in [0.05, 0.1) is 12.2 Å². The highest BCUT2D eigenvalue weighted by Crippen LogP contribution is 2.32. The summed E-state index contributed by atoms with van der Waals surface area (Å²) >= 11 is 0. The molecule has 2 rings (SSSR count). The topological polar surface area (TPSA) is 50.7 Å². The van der Waals surface area contributed by atoms with Crippen molar-refractivity contribution in [1.82, 2.24) is 5.32 Å². The van der Waals surface area contributed by atoms with E-state index in [2.05, 4.69) is 12.2 Å². The Bertz CT molecular complexity index is 229. The second-order valence-corrected chi connectivity index (χ2v) is 5.55. The van der Waals surface area contributed by atoms with E-state index in [0.29, 0.717) is 12.0 Å². The molecule has 100 valence electrons. The van der Waals surface area contributed by atoms with Crippen molar-refractivity contribution in [1.29, 1.82) is 0 Å². The molecule has 3 atom stereocenters. The predicted molar refractivity (Wildman–Crippen MR) is 66.0 cm³/mol. The first kappa shape index (κ1) is 13.3. The maximum Gasteiger partial charge on any atom is 0.0951 e. The number of rotatable bonds is 5. The van der Waals surface area contributed by atoms with Gasteiger partial charge in [-0.15, -0.1) is 0 Å².